The van der Waals surface area contributed by atoms with Gasteiger partial charge in [0.2, 0.25) is 0 Å². The summed E-state index contributed by atoms with van der Waals surface area (Å²) in [6.45, 7) is 3.24. The molecule has 0 aliphatic heterocycles. The van der Waals surface area contributed by atoms with Gasteiger partial charge in [0, 0.05) is 6.07 Å². The summed E-state index contributed by atoms with van der Waals surface area (Å²) in [5.41, 5.74) is 3.04. The van der Waals surface area contributed by atoms with E-state index in [1.54, 1.807) is 47.1 Å². The van der Waals surface area contributed by atoms with Crippen LogP contribution in [0.3, 0.4) is 0 Å². The number of nitrogens with zero attached hydrogens (tertiary/aromatic N) is 2. The average Bonchev–Trinajstić information content (AvgIpc) is 3.05. The minimum Gasteiger partial charge on any atom is -0.497 e. The van der Waals surface area contributed by atoms with Gasteiger partial charge in [-0.25, -0.2) is 9.48 Å². The first-order valence-electron chi connectivity index (χ1n) is 9.35. The molecule has 2 aromatic carbocycles. The van der Waals surface area contributed by atoms with E-state index in [0.717, 1.165) is 17.1 Å². The van der Waals surface area contributed by atoms with Gasteiger partial charge >= 0.3 is 5.97 Å². The Bertz CT molecular complexity index is 1110. The number of rotatable bonds is 7. The number of benzene rings is 2. The number of hydrogen-bond acceptors (Lipinski definition) is 6. The normalized spacial score (nSPS) is 10.5. The molecule has 1 heterocycles. The van der Waals surface area contributed by atoms with Gasteiger partial charge in [0.15, 0.2) is 6.61 Å². The number of nitrogens with one attached hydrogen (secondary N) is 1. The first-order chi connectivity index (χ1) is 14.8. The third kappa shape index (κ3) is 4.97. The molecule has 0 fully saturated rings. The summed E-state index contributed by atoms with van der Waals surface area (Å²) < 4.78 is 17.2. The SMILES string of the molecule is COc1ccc(NC(=O)COC(=O)c2ccc(-n3nc(C)c(Cl)c3C)cc2)c(OC)c1. The Kier molecular flexibility index (Phi) is 6.81. The maximum Gasteiger partial charge on any atom is 0.338 e. The van der Waals surface area contributed by atoms with Crippen molar-refractivity contribution in [2.45, 2.75) is 13.8 Å². The van der Waals surface area contributed by atoms with E-state index in [1.807, 2.05) is 13.8 Å². The predicted octanol–water partition coefficient (Wildman–Crippen LogP) is 3.96. The number of carbonyl (C=O) groups is 2. The van der Waals surface area contributed by atoms with Gasteiger partial charge in [-0.05, 0) is 50.2 Å². The van der Waals surface area contributed by atoms with Crippen LogP contribution in [0.5, 0.6) is 11.5 Å². The molecule has 1 amide bonds. The van der Waals surface area contributed by atoms with E-state index in [9.17, 15) is 9.59 Å². The molecule has 31 heavy (non-hydrogen) atoms. The second kappa shape index (κ2) is 9.53. The van der Waals surface area contributed by atoms with Crippen molar-refractivity contribution in [2.75, 3.05) is 26.1 Å². The summed E-state index contributed by atoms with van der Waals surface area (Å²) >= 11 is 6.18. The van der Waals surface area contributed by atoms with Crippen molar-refractivity contribution in [1.82, 2.24) is 9.78 Å². The van der Waals surface area contributed by atoms with Crippen LogP contribution in [0.1, 0.15) is 21.7 Å². The molecule has 3 aromatic rings. The Balaban J connectivity index is 1.60. The summed E-state index contributed by atoms with van der Waals surface area (Å²) in [7, 11) is 3.01. The molecule has 0 saturated carbocycles. The second-order valence-electron chi connectivity index (χ2n) is 6.63. The van der Waals surface area contributed by atoms with E-state index in [4.69, 9.17) is 25.8 Å². The number of methoxy groups -OCH3 is 2. The van der Waals surface area contributed by atoms with E-state index in [1.165, 1.54) is 14.2 Å². The lowest BCUT2D eigenvalue weighted by Gasteiger charge is -2.12. The fraction of sp³-hybridized carbons (Fsp3) is 0.227. The molecule has 162 valence electrons. The zero-order valence-corrected chi connectivity index (χ0v) is 18.3. The summed E-state index contributed by atoms with van der Waals surface area (Å²) in [6.07, 6.45) is 0. The van der Waals surface area contributed by atoms with Crippen LogP contribution in [-0.4, -0.2) is 42.5 Å². The summed E-state index contributed by atoms with van der Waals surface area (Å²) in [6, 6.07) is 11.6. The number of amides is 1. The fourth-order valence-electron chi connectivity index (χ4n) is 2.92. The van der Waals surface area contributed by atoms with Gasteiger partial charge in [0.05, 0.1) is 47.6 Å². The molecule has 8 nitrogen and oxygen atoms in total. The second-order valence-corrected chi connectivity index (χ2v) is 7.01. The van der Waals surface area contributed by atoms with Gasteiger partial charge in [-0.15, -0.1) is 0 Å². The van der Waals surface area contributed by atoms with Crippen LogP contribution in [0.4, 0.5) is 5.69 Å². The maximum absolute atomic E-state index is 12.3. The zero-order valence-electron chi connectivity index (χ0n) is 17.6. The van der Waals surface area contributed by atoms with Crippen LogP contribution in [0.2, 0.25) is 5.02 Å². The van der Waals surface area contributed by atoms with Crippen molar-refractivity contribution in [2.24, 2.45) is 0 Å². The fourth-order valence-corrected chi connectivity index (χ4v) is 3.03. The standard InChI is InChI=1S/C22H22ClN3O5/c1-13-21(23)14(2)26(25-13)16-7-5-15(6-8-16)22(28)31-12-20(27)24-18-10-9-17(29-3)11-19(18)30-4/h5-11H,12H2,1-4H3,(H,24,27). The molecule has 3 rings (SSSR count). The summed E-state index contributed by atoms with van der Waals surface area (Å²) in [4.78, 5) is 24.5. The van der Waals surface area contributed by atoms with Gasteiger partial charge in [-0.1, -0.05) is 11.6 Å². The van der Waals surface area contributed by atoms with Crippen molar-refractivity contribution in [3.8, 4) is 17.2 Å². The monoisotopic (exact) mass is 443 g/mol. The number of carbonyl (C=O) groups excluding carboxylic acids is 2. The summed E-state index contributed by atoms with van der Waals surface area (Å²) in [5, 5.41) is 7.62. The molecule has 0 aliphatic rings. The first-order valence-corrected chi connectivity index (χ1v) is 9.73. The lowest BCUT2D eigenvalue weighted by molar-refractivity contribution is -0.119. The van der Waals surface area contributed by atoms with Gasteiger partial charge in [-0.3, -0.25) is 4.79 Å². The highest BCUT2D eigenvalue weighted by Gasteiger charge is 2.14. The number of hydrogen-bond donors (Lipinski definition) is 1. The van der Waals surface area contributed by atoms with E-state index in [0.29, 0.717) is 27.8 Å². The largest absolute Gasteiger partial charge is 0.497 e. The molecule has 1 aromatic heterocycles. The Morgan fingerprint density at radius 3 is 2.35 bits per heavy atom. The highest BCUT2D eigenvalue weighted by Crippen LogP contribution is 2.29. The Morgan fingerprint density at radius 1 is 1.06 bits per heavy atom. The number of aromatic nitrogens is 2. The van der Waals surface area contributed by atoms with Crippen molar-refractivity contribution < 1.29 is 23.8 Å². The van der Waals surface area contributed by atoms with Crippen molar-refractivity contribution >= 4 is 29.2 Å². The molecule has 0 aliphatic carbocycles. The molecular formula is C22H22ClN3O5. The Hall–Kier alpha value is -3.52. The first kappa shape index (κ1) is 22.2. The molecule has 0 radical (unpaired) electrons. The molecule has 1 N–H and O–H groups in total. The van der Waals surface area contributed by atoms with Crippen molar-refractivity contribution in [3.63, 3.8) is 0 Å². The third-order valence-electron chi connectivity index (χ3n) is 4.57. The Labute approximate surface area is 184 Å². The average molecular weight is 444 g/mol. The highest BCUT2D eigenvalue weighted by atomic mass is 35.5. The van der Waals surface area contributed by atoms with Crippen molar-refractivity contribution in [1.29, 1.82) is 0 Å². The third-order valence-corrected chi connectivity index (χ3v) is 5.11. The van der Waals surface area contributed by atoms with Crippen LogP contribution >= 0.6 is 11.6 Å². The number of esters is 1. The highest BCUT2D eigenvalue weighted by molar-refractivity contribution is 6.31. The molecule has 9 heteroatoms. The van der Waals surface area contributed by atoms with Gasteiger partial charge < -0.3 is 19.5 Å². The van der Waals surface area contributed by atoms with Crippen molar-refractivity contribution in [3.05, 3.63) is 64.4 Å². The molecule has 0 atom stereocenters. The van der Waals surface area contributed by atoms with E-state index >= 15 is 0 Å². The van der Waals surface area contributed by atoms with E-state index in [2.05, 4.69) is 10.4 Å². The number of halogens is 1. The summed E-state index contributed by atoms with van der Waals surface area (Å²) in [5.74, 6) is -0.0909. The van der Waals surface area contributed by atoms with Crippen LogP contribution in [0.15, 0.2) is 42.5 Å². The molecule has 0 bridgehead atoms. The van der Waals surface area contributed by atoms with Crippen LogP contribution < -0.4 is 14.8 Å². The minimum absolute atomic E-state index is 0.311. The predicted molar refractivity (Wildman–Crippen MR) is 117 cm³/mol. The van der Waals surface area contributed by atoms with Crippen LogP contribution in [-0.2, 0) is 9.53 Å². The smallest absolute Gasteiger partial charge is 0.338 e. The number of anilines is 1. The number of aryl methyl sites for hydroxylation is 1. The van der Waals surface area contributed by atoms with Gasteiger partial charge in [0.25, 0.3) is 5.91 Å². The van der Waals surface area contributed by atoms with Gasteiger partial charge in [-0.2, -0.15) is 5.10 Å². The zero-order chi connectivity index (χ0) is 22.5. The molecule has 0 saturated heterocycles. The maximum atomic E-state index is 12.3. The van der Waals surface area contributed by atoms with Crippen LogP contribution in [0, 0.1) is 13.8 Å². The minimum atomic E-state index is -0.616. The molecule has 0 unspecified atom stereocenters. The number of ether oxygens (including phenoxy) is 3. The van der Waals surface area contributed by atoms with Crippen LogP contribution in [0.25, 0.3) is 5.69 Å². The molecular weight excluding hydrogens is 422 g/mol. The molecule has 0 spiro atoms. The quantitative estimate of drug-likeness (QED) is 0.556. The van der Waals surface area contributed by atoms with Gasteiger partial charge in [0.1, 0.15) is 11.5 Å². The Morgan fingerprint density at radius 2 is 1.77 bits per heavy atom. The lowest BCUT2D eigenvalue weighted by Crippen LogP contribution is -2.21. The lowest BCUT2D eigenvalue weighted by atomic mass is 10.2. The van der Waals surface area contributed by atoms with E-state index < -0.39 is 18.5 Å². The topological polar surface area (TPSA) is 91.7 Å². The van der Waals surface area contributed by atoms with E-state index in [-0.39, 0.29) is 0 Å².